The van der Waals surface area contributed by atoms with E-state index in [1.807, 2.05) is 0 Å². The van der Waals surface area contributed by atoms with E-state index in [0.29, 0.717) is 34.3 Å². The number of nitrogens with one attached hydrogen (secondary N) is 1. The van der Waals surface area contributed by atoms with Gasteiger partial charge in [0.05, 0.1) is 30.6 Å². The minimum absolute atomic E-state index is 0.0515. The Hall–Kier alpha value is -3.59. The van der Waals surface area contributed by atoms with Gasteiger partial charge in [0.25, 0.3) is 11.5 Å². The van der Waals surface area contributed by atoms with Crippen molar-refractivity contribution in [2.75, 3.05) is 19.5 Å². The molecule has 8 nitrogen and oxygen atoms in total. The number of benzene rings is 2. The summed E-state index contributed by atoms with van der Waals surface area (Å²) in [6.07, 6.45) is -0.609. The molecule has 2 aromatic carbocycles. The first-order valence-corrected chi connectivity index (χ1v) is 9.99. The molecule has 0 aliphatic carbocycles. The number of methoxy groups -OCH3 is 2. The fraction of sp³-hybridized carbons (Fsp3) is 0.227. The van der Waals surface area contributed by atoms with E-state index in [1.54, 1.807) is 13.0 Å². The molecule has 0 spiro atoms. The van der Waals surface area contributed by atoms with Crippen molar-refractivity contribution < 1.29 is 23.4 Å². The quantitative estimate of drug-likeness (QED) is 0.548. The second-order valence-electron chi connectivity index (χ2n) is 6.59. The molecule has 168 valence electrons. The number of hydrogen-bond acceptors (Lipinski definition) is 6. The summed E-state index contributed by atoms with van der Waals surface area (Å²) in [5, 5.41) is 7.16. The summed E-state index contributed by atoms with van der Waals surface area (Å²) in [6, 6.07) is 10.9. The van der Waals surface area contributed by atoms with Crippen molar-refractivity contribution in [2.24, 2.45) is 0 Å². The first-order valence-electron chi connectivity index (χ1n) is 9.61. The van der Waals surface area contributed by atoms with Gasteiger partial charge >= 0.3 is 0 Å². The topological polar surface area (TPSA) is 91.7 Å². The van der Waals surface area contributed by atoms with Crippen molar-refractivity contribution >= 4 is 23.2 Å². The average molecular weight is 462 g/mol. The second-order valence-corrected chi connectivity index (χ2v) is 7.00. The summed E-state index contributed by atoms with van der Waals surface area (Å²) in [6.45, 7) is 1.76. The lowest BCUT2D eigenvalue weighted by Gasteiger charge is -2.19. The van der Waals surface area contributed by atoms with Crippen molar-refractivity contribution in [3.8, 4) is 23.1 Å². The predicted molar refractivity (Wildman–Crippen MR) is 118 cm³/mol. The molecule has 0 saturated carbocycles. The Kier molecular flexibility index (Phi) is 7.32. The molecule has 1 atom stereocenters. The maximum absolute atomic E-state index is 13.2. The second kappa shape index (κ2) is 10.1. The van der Waals surface area contributed by atoms with Gasteiger partial charge in [-0.1, -0.05) is 18.5 Å². The highest BCUT2D eigenvalue weighted by atomic mass is 35.5. The normalized spacial score (nSPS) is 11.5. The van der Waals surface area contributed by atoms with Gasteiger partial charge in [-0.2, -0.15) is 4.68 Å². The number of anilines is 1. The Labute approximate surface area is 188 Å². The number of aromatic nitrogens is 2. The van der Waals surface area contributed by atoms with Crippen molar-refractivity contribution in [3.05, 3.63) is 69.7 Å². The molecule has 32 heavy (non-hydrogen) atoms. The van der Waals surface area contributed by atoms with Crippen LogP contribution in [0.15, 0.2) is 53.3 Å². The Morgan fingerprint density at radius 2 is 1.81 bits per heavy atom. The van der Waals surface area contributed by atoms with E-state index in [-0.39, 0.29) is 5.88 Å². The fourth-order valence-electron chi connectivity index (χ4n) is 2.86. The van der Waals surface area contributed by atoms with E-state index in [9.17, 15) is 14.0 Å². The number of amides is 1. The van der Waals surface area contributed by atoms with E-state index < -0.39 is 23.4 Å². The predicted octanol–water partition coefficient (Wildman–Crippen LogP) is 3.84. The van der Waals surface area contributed by atoms with Crippen LogP contribution in [0, 0.1) is 5.82 Å². The molecular formula is C22H21ClFN3O5. The zero-order chi connectivity index (χ0) is 23.3. The molecule has 10 heteroatoms. The number of hydrogen-bond donors (Lipinski definition) is 1. The SMILES string of the molecule is CC[C@@H](Oc1ccc(=O)n(-c2ccc(F)cc2)n1)C(=O)Nc1cc(Cl)c(OC)cc1OC. The number of nitrogens with zero attached hydrogens (tertiary/aromatic N) is 2. The molecule has 3 aromatic rings. The van der Waals surface area contributed by atoms with Crippen LogP contribution in [0.4, 0.5) is 10.1 Å². The third kappa shape index (κ3) is 5.17. The fourth-order valence-corrected chi connectivity index (χ4v) is 3.10. The van der Waals surface area contributed by atoms with Crippen molar-refractivity contribution in [2.45, 2.75) is 19.4 Å². The van der Waals surface area contributed by atoms with E-state index in [4.69, 9.17) is 25.8 Å². The molecule has 1 amide bonds. The summed E-state index contributed by atoms with van der Waals surface area (Å²) < 4.78 is 30.4. The molecular weight excluding hydrogens is 441 g/mol. The molecule has 0 saturated heterocycles. The van der Waals surface area contributed by atoms with Crippen LogP contribution >= 0.6 is 11.6 Å². The maximum Gasteiger partial charge on any atom is 0.271 e. The standard InChI is InChI=1S/C22H21ClFN3O5/c1-4-17(22(29)25-16-11-15(23)18(30-2)12-19(16)31-3)32-20-9-10-21(28)27(26-20)14-7-5-13(24)6-8-14/h5-12,17H,4H2,1-3H3,(H,25,29)/t17-/m1/s1. The minimum Gasteiger partial charge on any atom is -0.495 e. The number of halogens is 2. The van der Waals surface area contributed by atoms with Crippen LogP contribution in [-0.2, 0) is 4.79 Å². The van der Waals surface area contributed by atoms with E-state index in [1.165, 1.54) is 56.7 Å². The van der Waals surface area contributed by atoms with Gasteiger partial charge in [-0.05, 0) is 36.8 Å². The lowest BCUT2D eigenvalue weighted by Crippen LogP contribution is -2.33. The molecule has 1 N–H and O–H groups in total. The zero-order valence-electron chi connectivity index (χ0n) is 17.6. The molecule has 0 radical (unpaired) electrons. The smallest absolute Gasteiger partial charge is 0.271 e. The minimum atomic E-state index is -0.924. The lowest BCUT2D eigenvalue weighted by molar-refractivity contribution is -0.123. The van der Waals surface area contributed by atoms with Crippen LogP contribution in [0.3, 0.4) is 0 Å². The highest BCUT2D eigenvalue weighted by Crippen LogP contribution is 2.36. The summed E-state index contributed by atoms with van der Waals surface area (Å²) in [5.41, 5.74) is 0.269. The van der Waals surface area contributed by atoms with Crippen LogP contribution in [0.2, 0.25) is 5.02 Å². The van der Waals surface area contributed by atoms with Gasteiger partial charge in [0.2, 0.25) is 5.88 Å². The number of carbonyl (C=O) groups excluding carboxylic acids is 1. The largest absolute Gasteiger partial charge is 0.495 e. The molecule has 0 bridgehead atoms. The van der Waals surface area contributed by atoms with Gasteiger partial charge in [0, 0.05) is 18.2 Å². The van der Waals surface area contributed by atoms with Crippen LogP contribution in [-0.4, -0.2) is 36.0 Å². The third-order valence-corrected chi connectivity index (χ3v) is 4.80. The molecule has 1 aromatic heterocycles. The van der Waals surface area contributed by atoms with Crippen LogP contribution in [0.1, 0.15) is 13.3 Å². The number of rotatable bonds is 8. The Morgan fingerprint density at radius 1 is 1.12 bits per heavy atom. The highest BCUT2D eigenvalue weighted by Gasteiger charge is 2.22. The Balaban J connectivity index is 1.82. The van der Waals surface area contributed by atoms with Crippen molar-refractivity contribution in [3.63, 3.8) is 0 Å². The third-order valence-electron chi connectivity index (χ3n) is 4.51. The zero-order valence-corrected chi connectivity index (χ0v) is 18.4. The Morgan fingerprint density at radius 3 is 2.44 bits per heavy atom. The van der Waals surface area contributed by atoms with Crippen LogP contribution in [0.5, 0.6) is 17.4 Å². The lowest BCUT2D eigenvalue weighted by atomic mass is 10.2. The van der Waals surface area contributed by atoms with E-state index in [2.05, 4.69) is 10.4 Å². The first-order chi connectivity index (χ1) is 15.4. The highest BCUT2D eigenvalue weighted by molar-refractivity contribution is 6.32. The summed E-state index contributed by atoms with van der Waals surface area (Å²) in [7, 11) is 2.92. The van der Waals surface area contributed by atoms with Crippen LogP contribution < -0.4 is 25.1 Å². The number of ether oxygens (including phenoxy) is 3. The monoisotopic (exact) mass is 461 g/mol. The van der Waals surface area contributed by atoms with Gasteiger partial charge in [-0.15, -0.1) is 5.10 Å². The van der Waals surface area contributed by atoms with Gasteiger partial charge in [0.1, 0.15) is 17.3 Å². The molecule has 0 aliphatic heterocycles. The summed E-state index contributed by atoms with van der Waals surface area (Å²) in [5.74, 6) is -0.0931. The van der Waals surface area contributed by atoms with Gasteiger partial charge < -0.3 is 19.5 Å². The summed E-state index contributed by atoms with van der Waals surface area (Å²) in [4.78, 5) is 25.0. The molecule has 0 unspecified atom stereocenters. The first kappa shape index (κ1) is 23.1. The molecule has 3 rings (SSSR count). The van der Waals surface area contributed by atoms with Crippen molar-refractivity contribution in [1.82, 2.24) is 9.78 Å². The van der Waals surface area contributed by atoms with Crippen molar-refractivity contribution in [1.29, 1.82) is 0 Å². The van der Waals surface area contributed by atoms with Crippen LogP contribution in [0.25, 0.3) is 5.69 Å². The van der Waals surface area contributed by atoms with E-state index >= 15 is 0 Å². The molecule has 0 fully saturated rings. The Bertz CT molecular complexity index is 1170. The summed E-state index contributed by atoms with van der Waals surface area (Å²) >= 11 is 6.16. The maximum atomic E-state index is 13.2. The molecule has 1 heterocycles. The van der Waals surface area contributed by atoms with Gasteiger partial charge in [-0.25, -0.2) is 4.39 Å². The van der Waals surface area contributed by atoms with E-state index in [0.717, 1.165) is 4.68 Å². The van der Waals surface area contributed by atoms with Gasteiger partial charge in [0.15, 0.2) is 6.10 Å². The number of carbonyl (C=O) groups is 1. The average Bonchev–Trinajstić information content (AvgIpc) is 2.79. The molecule has 0 aliphatic rings. The van der Waals surface area contributed by atoms with Gasteiger partial charge in [-0.3, -0.25) is 9.59 Å².